The van der Waals surface area contributed by atoms with E-state index in [4.69, 9.17) is 11.6 Å². The van der Waals surface area contributed by atoms with Crippen LogP contribution < -0.4 is 0 Å². The molecule has 0 bridgehead atoms. The van der Waals surface area contributed by atoms with Crippen molar-refractivity contribution in [3.05, 3.63) is 38.3 Å². The van der Waals surface area contributed by atoms with Crippen molar-refractivity contribution in [2.24, 2.45) is 0 Å². The molecule has 0 heterocycles. The molecular formula is C9H8ClFI. The zero-order chi connectivity index (χ0) is 9.14. The fraction of sp³-hybridized carbons (Fsp3) is 0.222. The van der Waals surface area contributed by atoms with E-state index in [-0.39, 0.29) is 0 Å². The summed E-state index contributed by atoms with van der Waals surface area (Å²) in [5, 5.41) is 0.647. The Labute approximate surface area is 90.3 Å². The minimum absolute atomic E-state index is 0.445. The normalized spacial score (nSPS) is 10.8. The number of hydrogen-bond donors (Lipinski definition) is 0. The van der Waals surface area contributed by atoms with Gasteiger partial charge < -0.3 is 0 Å². The molecule has 1 rings (SSSR count). The topological polar surface area (TPSA) is 0 Å². The number of rotatable bonds is 2. The van der Waals surface area contributed by atoms with Crippen LogP contribution >= 0.6 is 34.2 Å². The van der Waals surface area contributed by atoms with E-state index >= 15 is 0 Å². The number of hydrogen-bond acceptors (Lipinski definition) is 0. The first-order valence-electron chi connectivity index (χ1n) is 3.49. The fourth-order valence-electron chi connectivity index (χ4n) is 0.905. The van der Waals surface area contributed by atoms with Gasteiger partial charge in [0.25, 0.3) is 0 Å². The van der Waals surface area contributed by atoms with Gasteiger partial charge in [0.2, 0.25) is 0 Å². The van der Waals surface area contributed by atoms with Crippen molar-refractivity contribution < 1.29 is 4.39 Å². The summed E-state index contributed by atoms with van der Waals surface area (Å²) in [5.74, 6) is 0.679. The SMILES string of the molecule is C[C](CF)c1cccc(I)c1Cl. The van der Waals surface area contributed by atoms with Crippen LogP contribution in [0.1, 0.15) is 12.5 Å². The van der Waals surface area contributed by atoms with Gasteiger partial charge in [-0.3, -0.25) is 4.39 Å². The van der Waals surface area contributed by atoms with Crippen LogP contribution in [-0.2, 0) is 0 Å². The van der Waals surface area contributed by atoms with Gasteiger partial charge in [-0.2, -0.15) is 0 Å². The molecule has 0 saturated carbocycles. The maximum atomic E-state index is 12.3. The summed E-state index contributed by atoms with van der Waals surface area (Å²) in [4.78, 5) is 0. The smallest absolute Gasteiger partial charge is 0.0998 e. The molecule has 1 aromatic rings. The highest BCUT2D eigenvalue weighted by molar-refractivity contribution is 14.1. The largest absolute Gasteiger partial charge is 0.250 e. The van der Waals surface area contributed by atoms with E-state index < -0.39 is 6.67 Å². The van der Waals surface area contributed by atoms with E-state index in [1.165, 1.54) is 0 Å². The van der Waals surface area contributed by atoms with Crippen LogP contribution in [0.2, 0.25) is 5.02 Å². The van der Waals surface area contributed by atoms with Gasteiger partial charge in [0.05, 0.1) is 11.7 Å². The van der Waals surface area contributed by atoms with Gasteiger partial charge in [0.1, 0.15) is 0 Å². The summed E-state index contributed by atoms with van der Waals surface area (Å²) in [5.41, 5.74) is 0.811. The van der Waals surface area contributed by atoms with Crippen LogP contribution in [0.3, 0.4) is 0 Å². The minimum Gasteiger partial charge on any atom is -0.250 e. The van der Waals surface area contributed by atoms with Gasteiger partial charge in [0, 0.05) is 9.49 Å². The Hall–Kier alpha value is 0.170. The molecule has 0 N–H and O–H groups in total. The predicted molar refractivity (Wildman–Crippen MR) is 58.2 cm³/mol. The van der Waals surface area contributed by atoms with E-state index in [0.29, 0.717) is 10.9 Å². The molecule has 0 atom stereocenters. The Bertz CT molecular complexity index is 275. The van der Waals surface area contributed by atoms with Gasteiger partial charge in [-0.1, -0.05) is 30.7 Å². The summed E-state index contributed by atoms with van der Waals surface area (Å²) in [6.45, 7) is 1.30. The van der Waals surface area contributed by atoms with Crippen molar-refractivity contribution in [2.75, 3.05) is 6.67 Å². The van der Waals surface area contributed by atoms with Crippen molar-refractivity contribution in [1.29, 1.82) is 0 Å². The van der Waals surface area contributed by atoms with E-state index in [9.17, 15) is 4.39 Å². The lowest BCUT2D eigenvalue weighted by atomic mass is 10.0. The maximum absolute atomic E-state index is 12.3. The molecule has 0 nitrogen and oxygen atoms in total. The van der Waals surface area contributed by atoms with E-state index in [1.807, 2.05) is 18.2 Å². The van der Waals surface area contributed by atoms with E-state index in [2.05, 4.69) is 22.6 Å². The first kappa shape index (κ1) is 10.3. The van der Waals surface area contributed by atoms with Crippen LogP contribution in [0.25, 0.3) is 0 Å². The molecule has 3 heteroatoms. The Kier molecular flexibility index (Phi) is 3.77. The molecule has 0 aliphatic rings. The average molecular weight is 298 g/mol. The van der Waals surface area contributed by atoms with Crippen LogP contribution in [0.4, 0.5) is 4.39 Å². The summed E-state index contributed by atoms with van der Waals surface area (Å²) in [6, 6.07) is 5.61. The standard InChI is InChI=1S/C9H8ClFI/c1-6(5-11)7-3-2-4-8(12)9(7)10/h2-4H,5H2,1H3. The Morgan fingerprint density at radius 2 is 2.25 bits per heavy atom. The first-order valence-corrected chi connectivity index (χ1v) is 4.95. The third-order valence-corrected chi connectivity index (χ3v) is 3.24. The third-order valence-electron chi connectivity index (χ3n) is 1.61. The van der Waals surface area contributed by atoms with Crippen molar-refractivity contribution >= 4 is 34.2 Å². The fourth-order valence-corrected chi connectivity index (χ4v) is 1.69. The summed E-state index contributed by atoms with van der Waals surface area (Å²) < 4.78 is 13.2. The Balaban J connectivity index is 3.07. The third kappa shape index (κ3) is 2.10. The summed E-state index contributed by atoms with van der Waals surface area (Å²) in [6.07, 6.45) is 0. The van der Waals surface area contributed by atoms with Crippen molar-refractivity contribution in [2.45, 2.75) is 6.92 Å². The highest BCUT2D eigenvalue weighted by Crippen LogP contribution is 2.28. The zero-order valence-electron chi connectivity index (χ0n) is 6.57. The number of alkyl halides is 1. The van der Waals surface area contributed by atoms with Crippen molar-refractivity contribution in [3.8, 4) is 0 Å². The van der Waals surface area contributed by atoms with E-state index in [0.717, 1.165) is 9.13 Å². The molecule has 1 aromatic carbocycles. The summed E-state index contributed by atoms with van der Waals surface area (Å²) in [7, 11) is 0. The highest BCUT2D eigenvalue weighted by atomic mass is 127. The predicted octanol–water partition coefficient (Wildman–Crippen LogP) is 3.86. The Morgan fingerprint density at radius 3 is 2.83 bits per heavy atom. The second-order valence-corrected chi connectivity index (χ2v) is 4.06. The van der Waals surface area contributed by atoms with Crippen LogP contribution in [0.5, 0.6) is 0 Å². The monoisotopic (exact) mass is 297 g/mol. The lowest BCUT2D eigenvalue weighted by Gasteiger charge is -2.09. The molecule has 0 saturated heterocycles. The number of benzene rings is 1. The second kappa shape index (κ2) is 4.42. The van der Waals surface area contributed by atoms with Gasteiger partial charge in [-0.25, -0.2) is 0 Å². The lowest BCUT2D eigenvalue weighted by molar-refractivity contribution is 0.516. The molecule has 0 aliphatic carbocycles. The van der Waals surface area contributed by atoms with Crippen LogP contribution in [-0.4, -0.2) is 6.67 Å². The second-order valence-electron chi connectivity index (χ2n) is 2.52. The van der Waals surface area contributed by atoms with Crippen LogP contribution in [0, 0.1) is 9.49 Å². The molecule has 0 aromatic heterocycles. The molecule has 65 valence electrons. The highest BCUT2D eigenvalue weighted by Gasteiger charge is 2.11. The minimum atomic E-state index is -0.445. The van der Waals surface area contributed by atoms with Crippen molar-refractivity contribution in [3.63, 3.8) is 0 Å². The maximum Gasteiger partial charge on any atom is 0.0998 e. The van der Waals surface area contributed by atoms with E-state index in [1.54, 1.807) is 6.92 Å². The van der Waals surface area contributed by atoms with Crippen molar-refractivity contribution in [1.82, 2.24) is 0 Å². The molecule has 0 fully saturated rings. The molecule has 0 amide bonds. The molecule has 0 unspecified atom stereocenters. The van der Waals surface area contributed by atoms with Gasteiger partial charge in [-0.15, -0.1) is 0 Å². The zero-order valence-corrected chi connectivity index (χ0v) is 9.49. The van der Waals surface area contributed by atoms with Gasteiger partial charge in [0.15, 0.2) is 0 Å². The first-order chi connectivity index (χ1) is 5.66. The quantitative estimate of drug-likeness (QED) is 0.727. The Morgan fingerprint density at radius 1 is 1.58 bits per heavy atom. The average Bonchev–Trinajstić information content (AvgIpc) is 2.08. The molecule has 12 heavy (non-hydrogen) atoms. The molecular weight excluding hydrogens is 289 g/mol. The lowest BCUT2D eigenvalue weighted by Crippen LogP contribution is -1.98. The van der Waals surface area contributed by atoms with Crippen LogP contribution in [0.15, 0.2) is 18.2 Å². The number of halogens is 3. The van der Waals surface area contributed by atoms with Gasteiger partial charge in [-0.05, 0) is 34.2 Å². The van der Waals surface area contributed by atoms with Gasteiger partial charge >= 0.3 is 0 Å². The molecule has 1 radical (unpaired) electrons. The molecule has 0 spiro atoms. The summed E-state index contributed by atoms with van der Waals surface area (Å²) >= 11 is 8.10. The molecule has 0 aliphatic heterocycles.